The topological polar surface area (TPSA) is 67.2 Å². The van der Waals surface area contributed by atoms with Gasteiger partial charge in [0.05, 0.1) is 0 Å². The lowest BCUT2D eigenvalue weighted by molar-refractivity contribution is 0.0677. The molecule has 4 rings (SSSR count). The molecule has 1 atom stereocenters. The van der Waals surface area contributed by atoms with Gasteiger partial charge in [0.2, 0.25) is 0 Å². The van der Waals surface area contributed by atoms with Crippen LogP contribution in [-0.4, -0.2) is 56.5 Å². The first kappa shape index (κ1) is 17.9. The molecule has 4 heterocycles. The summed E-state index contributed by atoms with van der Waals surface area (Å²) in [5.74, 6) is 3.04. The smallest absolute Gasteiger partial charge is 0.274 e. The summed E-state index contributed by atoms with van der Waals surface area (Å²) in [5.41, 5.74) is 0.482. The van der Waals surface area contributed by atoms with E-state index in [4.69, 9.17) is 0 Å². The molecule has 2 aliphatic rings. The fourth-order valence-corrected chi connectivity index (χ4v) is 3.98. The van der Waals surface area contributed by atoms with E-state index >= 15 is 0 Å². The first-order valence-electron chi connectivity index (χ1n) is 10.0. The molecule has 7 nitrogen and oxygen atoms in total. The van der Waals surface area contributed by atoms with Crippen LogP contribution < -0.4 is 4.90 Å². The van der Waals surface area contributed by atoms with Crippen LogP contribution in [0, 0.1) is 11.8 Å². The van der Waals surface area contributed by atoms with Crippen LogP contribution in [0.25, 0.3) is 5.82 Å². The number of anilines is 1. The summed E-state index contributed by atoms with van der Waals surface area (Å²) in [5, 5.41) is 0. The summed E-state index contributed by atoms with van der Waals surface area (Å²) in [6, 6.07) is 1.98. The number of carbonyl (C=O) groups is 1. The first-order chi connectivity index (χ1) is 13.1. The molecule has 2 aromatic heterocycles. The molecule has 2 aliphatic heterocycles. The van der Waals surface area contributed by atoms with Gasteiger partial charge in [0.25, 0.3) is 5.91 Å². The predicted molar refractivity (Wildman–Crippen MR) is 104 cm³/mol. The zero-order valence-electron chi connectivity index (χ0n) is 16.2. The molecule has 0 N–H and O–H groups in total. The van der Waals surface area contributed by atoms with Crippen molar-refractivity contribution in [1.29, 1.82) is 0 Å². The molecule has 2 saturated heterocycles. The van der Waals surface area contributed by atoms with Crippen molar-refractivity contribution < 1.29 is 4.79 Å². The van der Waals surface area contributed by atoms with Crippen molar-refractivity contribution in [3.63, 3.8) is 0 Å². The maximum absolute atomic E-state index is 12.7. The van der Waals surface area contributed by atoms with Crippen LogP contribution in [0.5, 0.6) is 0 Å². The lowest BCUT2D eigenvalue weighted by Gasteiger charge is -2.31. The number of carbonyl (C=O) groups excluding carboxylic acids is 1. The molecule has 2 fully saturated rings. The zero-order valence-corrected chi connectivity index (χ0v) is 16.2. The van der Waals surface area contributed by atoms with Gasteiger partial charge in [-0.25, -0.2) is 15.0 Å². The average molecular weight is 368 g/mol. The molecule has 0 aromatic carbocycles. The lowest BCUT2D eigenvalue weighted by atomic mass is 9.99. The SMILES string of the molecule is CC1CCN(c2cc(-n3cnc(C(=O)N4CCC[C@@H](C)C4)c3)ncn2)CC1. The minimum atomic E-state index is 0.0135. The van der Waals surface area contributed by atoms with Gasteiger partial charge in [-0.2, -0.15) is 0 Å². The molecule has 0 radical (unpaired) electrons. The first-order valence-corrected chi connectivity index (χ1v) is 10.0. The maximum Gasteiger partial charge on any atom is 0.274 e. The Kier molecular flexibility index (Phi) is 5.09. The Hall–Kier alpha value is -2.44. The Morgan fingerprint density at radius 1 is 1.00 bits per heavy atom. The van der Waals surface area contributed by atoms with E-state index in [9.17, 15) is 4.79 Å². The third-order valence-corrected chi connectivity index (χ3v) is 5.76. The van der Waals surface area contributed by atoms with Gasteiger partial charge in [-0.15, -0.1) is 0 Å². The van der Waals surface area contributed by atoms with Crippen LogP contribution >= 0.6 is 0 Å². The van der Waals surface area contributed by atoms with Crippen molar-refractivity contribution in [1.82, 2.24) is 24.4 Å². The van der Waals surface area contributed by atoms with Gasteiger partial charge in [0, 0.05) is 38.4 Å². The highest BCUT2D eigenvalue weighted by Crippen LogP contribution is 2.22. The van der Waals surface area contributed by atoms with Crippen molar-refractivity contribution in [2.45, 2.75) is 39.5 Å². The van der Waals surface area contributed by atoms with E-state index in [1.807, 2.05) is 15.5 Å². The van der Waals surface area contributed by atoms with E-state index in [0.29, 0.717) is 11.6 Å². The zero-order chi connectivity index (χ0) is 18.8. The van der Waals surface area contributed by atoms with Crippen LogP contribution in [0.4, 0.5) is 5.82 Å². The van der Waals surface area contributed by atoms with Crippen molar-refractivity contribution in [2.75, 3.05) is 31.1 Å². The molecule has 7 heteroatoms. The maximum atomic E-state index is 12.7. The number of amides is 1. The standard InChI is InChI=1S/C20H28N6O/c1-15-5-8-24(9-6-15)18-10-19(22-13-21-18)26-12-17(23-14-26)20(27)25-7-3-4-16(2)11-25/h10,12-16H,3-9,11H2,1-2H3/t16-/m1/s1. The molecule has 27 heavy (non-hydrogen) atoms. The molecule has 1 amide bonds. The Labute approximate surface area is 160 Å². The molecule has 0 bridgehead atoms. The largest absolute Gasteiger partial charge is 0.356 e. The van der Waals surface area contributed by atoms with Gasteiger partial charge in [-0.1, -0.05) is 13.8 Å². The van der Waals surface area contributed by atoms with Gasteiger partial charge in [0.15, 0.2) is 0 Å². The number of hydrogen-bond donors (Lipinski definition) is 0. The van der Waals surface area contributed by atoms with Crippen LogP contribution in [0.1, 0.15) is 50.0 Å². The molecular formula is C20H28N6O. The van der Waals surface area contributed by atoms with Crippen LogP contribution in [-0.2, 0) is 0 Å². The Balaban J connectivity index is 1.50. The average Bonchev–Trinajstić information content (AvgIpc) is 3.18. The van der Waals surface area contributed by atoms with Gasteiger partial charge in [-0.3, -0.25) is 9.36 Å². The molecule has 0 unspecified atom stereocenters. The third kappa shape index (κ3) is 3.96. The third-order valence-electron chi connectivity index (χ3n) is 5.76. The summed E-state index contributed by atoms with van der Waals surface area (Å²) in [6.45, 7) is 8.19. The number of rotatable bonds is 3. The highest BCUT2D eigenvalue weighted by molar-refractivity contribution is 5.92. The Morgan fingerprint density at radius 2 is 1.78 bits per heavy atom. The fraction of sp³-hybridized carbons (Fsp3) is 0.600. The van der Waals surface area contributed by atoms with E-state index in [-0.39, 0.29) is 5.91 Å². The Bertz CT molecular complexity index is 795. The quantitative estimate of drug-likeness (QED) is 0.833. The van der Waals surface area contributed by atoms with Gasteiger partial charge in [-0.05, 0) is 37.5 Å². The van der Waals surface area contributed by atoms with Crippen LogP contribution in [0.3, 0.4) is 0 Å². The van der Waals surface area contributed by atoms with E-state index in [1.54, 1.807) is 18.9 Å². The number of likely N-dealkylation sites (tertiary alicyclic amines) is 1. The highest BCUT2D eigenvalue weighted by Gasteiger charge is 2.24. The second kappa shape index (κ2) is 7.66. The number of nitrogens with zero attached hydrogens (tertiary/aromatic N) is 6. The predicted octanol–water partition coefficient (Wildman–Crippen LogP) is 2.77. The normalized spacial score (nSPS) is 21.5. The number of imidazole rings is 1. The van der Waals surface area contributed by atoms with Gasteiger partial charge in [0.1, 0.15) is 30.0 Å². The molecule has 144 valence electrons. The van der Waals surface area contributed by atoms with Crippen molar-refractivity contribution >= 4 is 11.7 Å². The van der Waals surface area contributed by atoms with E-state index in [2.05, 4.69) is 33.7 Å². The van der Waals surface area contributed by atoms with E-state index in [0.717, 1.165) is 50.2 Å². The van der Waals surface area contributed by atoms with Gasteiger partial charge >= 0.3 is 0 Å². The molecule has 0 aliphatic carbocycles. The lowest BCUT2D eigenvalue weighted by Crippen LogP contribution is -2.39. The number of aromatic nitrogens is 4. The molecule has 0 saturated carbocycles. The summed E-state index contributed by atoms with van der Waals surface area (Å²) in [7, 11) is 0. The van der Waals surface area contributed by atoms with Crippen molar-refractivity contribution in [3.8, 4) is 5.82 Å². The van der Waals surface area contributed by atoms with Crippen molar-refractivity contribution in [3.05, 3.63) is 30.6 Å². The van der Waals surface area contributed by atoms with E-state index in [1.165, 1.54) is 19.3 Å². The Morgan fingerprint density at radius 3 is 2.56 bits per heavy atom. The second-order valence-corrected chi connectivity index (χ2v) is 8.07. The van der Waals surface area contributed by atoms with Crippen LogP contribution in [0.2, 0.25) is 0 Å². The number of piperidine rings is 2. The summed E-state index contributed by atoms with van der Waals surface area (Å²) in [6.07, 6.45) is 9.69. The molecule has 2 aromatic rings. The number of hydrogen-bond acceptors (Lipinski definition) is 5. The minimum Gasteiger partial charge on any atom is -0.356 e. The highest BCUT2D eigenvalue weighted by atomic mass is 16.2. The fourth-order valence-electron chi connectivity index (χ4n) is 3.98. The monoisotopic (exact) mass is 368 g/mol. The van der Waals surface area contributed by atoms with E-state index < -0.39 is 0 Å². The van der Waals surface area contributed by atoms with Gasteiger partial charge < -0.3 is 9.80 Å². The summed E-state index contributed by atoms with van der Waals surface area (Å²) in [4.78, 5) is 30.1. The molecular weight excluding hydrogens is 340 g/mol. The van der Waals surface area contributed by atoms with Crippen molar-refractivity contribution in [2.24, 2.45) is 11.8 Å². The second-order valence-electron chi connectivity index (χ2n) is 8.07. The summed E-state index contributed by atoms with van der Waals surface area (Å²) < 4.78 is 1.82. The minimum absolute atomic E-state index is 0.0135. The summed E-state index contributed by atoms with van der Waals surface area (Å²) >= 11 is 0. The molecule has 0 spiro atoms. The van der Waals surface area contributed by atoms with Crippen LogP contribution in [0.15, 0.2) is 24.9 Å².